The molecule has 2 aromatic rings. The highest BCUT2D eigenvalue weighted by Crippen LogP contribution is 2.56. The lowest BCUT2D eigenvalue weighted by Crippen LogP contribution is -2.45. The van der Waals surface area contributed by atoms with E-state index in [-0.39, 0.29) is 21.7 Å². The fraction of sp³-hybridized carbons (Fsp3) is 0.657. The Morgan fingerprint density at radius 3 is 1.07 bits per heavy atom. The van der Waals surface area contributed by atoms with Gasteiger partial charge in [-0.1, -0.05) is 107 Å². The Labute approximate surface area is 263 Å². The molecule has 0 saturated carbocycles. The summed E-state index contributed by atoms with van der Waals surface area (Å²) in [7, 11) is -3.13. The van der Waals surface area contributed by atoms with Gasteiger partial charge < -0.3 is 27.1 Å². The summed E-state index contributed by atoms with van der Waals surface area (Å²) in [6.45, 7) is 32.7. The molecule has 1 spiro atoms. The van der Waals surface area contributed by atoms with Gasteiger partial charge in [-0.15, -0.1) is 0 Å². The topological polar surface area (TPSA) is 55.4 Å². The van der Waals surface area contributed by atoms with Gasteiger partial charge in [0.05, 0.1) is 31.8 Å². The second-order valence-electron chi connectivity index (χ2n) is 16.5. The van der Waals surface area contributed by atoms with Crippen LogP contribution in [0.4, 0.5) is 0 Å². The molecular formula is C35H54O6P2. The normalized spacial score (nSPS) is 23.9. The van der Waals surface area contributed by atoms with Gasteiger partial charge in [-0.05, 0) is 46.6 Å². The molecule has 4 rings (SSSR count). The first-order valence-electron chi connectivity index (χ1n) is 15.4. The molecule has 0 aliphatic carbocycles. The molecule has 6 nitrogen and oxygen atoms in total. The largest absolute Gasteiger partial charge is 0.426 e. The SMILES string of the molecule is Cc1ccc(C(C)(C)C)c(OP2OCC3(CO2)COP(Oc2c(C(C)(C)C)ccc(C)c2C(C)(C)C)OC3)c1C(C)(C)C. The molecular weight excluding hydrogens is 578 g/mol. The quantitative estimate of drug-likeness (QED) is 0.313. The van der Waals surface area contributed by atoms with Crippen LogP contribution in [0.3, 0.4) is 0 Å². The maximum Gasteiger partial charge on any atom is 0.397 e. The van der Waals surface area contributed by atoms with E-state index in [2.05, 4.69) is 121 Å². The molecule has 8 heteroatoms. The number of rotatable bonds is 4. The zero-order valence-electron chi connectivity index (χ0n) is 29.0. The van der Waals surface area contributed by atoms with Crippen LogP contribution in [-0.4, -0.2) is 26.4 Å². The molecule has 0 aromatic heterocycles. The molecule has 2 saturated heterocycles. The number of benzene rings is 2. The summed E-state index contributed by atoms with van der Waals surface area (Å²) in [4.78, 5) is 0. The fourth-order valence-corrected chi connectivity index (χ4v) is 8.49. The second kappa shape index (κ2) is 12.2. The zero-order chi connectivity index (χ0) is 32.2. The summed E-state index contributed by atoms with van der Waals surface area (Å²) in [5.74, 6) is 1.77. The van der Waals surface area contributed by atoms with E-state index in [0.29, 0.717) is 26.4 Å². The predicted molar refractivity (Wildman–Crippen MR) is 178 cm³/mol. The summed E-state index contributed by atoms with van der Waals surface area (Å²) in [6.07, 6.45) is 0. The average Bonchev–Trinajstić information content (AvgIpc) is 2.84. The maximum absolute atomic E-state index is 6.60. The number of hydrogen-bond donors (Lipinski definition) is 0. The molecule has 240 valence electrons. The Bertz CT molecular complexity index is 1190. The van der Waals surface area contributed by atoms with Gasteiger partial charge in [-0.25, -0.2) is 0 Å². The van der Waals surface area contributed by atoms with Crippen LogP contribution in [-0.2, 0) is 39.8 Å². The fourth-order valence-electron chi connectivity index (χ4n) is 5.93. The summed E-state index contributed by atoms with van der Waals surface area (Å²) in [5, 5.41) is 0. The van der Waals surface area contributed by atoms with Crippen molar-refractivity contribution in [1.82, 2.24) is 0 Å². The number of hydrogen-bond acceptors (Lipinski definition) is 6. The third kappa shape index (κ3) is 7.76. The highest BCUT2D eigenvalue weighted by molar-refractivity contribution is 7.42. The van der Waals surface area contributed by atoms with Crippen molar-refractivity contribution in [2.24, 2.45) is 5.41 Å². The predicted octanol–water partition coefficient (Wildman–Crippen LogP) is 10.5. The van der Waals surface area contributed by atoms with Crippen molar-refractivity contribution in [2.75, 3.05) is 26.4 Å². The first-order valence-corrected chi connectivity index (χ1v) is 17.6. The molecule has 0 bridgehead atoms. The molecule has 2 aliphatic rings. The average molecular weight is 633 g/mol. The van der Waals surface area contributed by atoms with E-state index >= 15 is 0 Å². The molecule has 2 heterocycles. The van der Waals surface area contributed by atoms with Crippen LogP contribution in [0.25, 0.3) is 0 Å². The van der Waals surface area contributed by atoms with Crippen molar-refractivity contribution >= 4 is 17.2 Å². The van der Waals surface area contributed by atoms with Gasteiger partial charge in [0.15, 0.2) is 0 Å². The van der Waals surface area contributed by atoms with E-state index in [1.165, 1.54) is 22.3 Å². The van der Waals surface area contributed by atoms with Crippen LogP contribution < -0.4 is 9.05 Å². The van der Waals surface area contributed by atoms with Gasteiger partial charge in [0.25, 0.3) is 0 Å². The Kier molecular flexibility index (Phi) is 9.79. The van der Waals surface area contributed by atoms with Gasteiger partial charge in [-0.3, -0.25) is 0 Å². The van der Waals surface area contributed by atoms with Crippen molar-refractivity contribution in [3.8, 4) is 11.5 Å². The lowest BCUT2D eigenvalue weighted by atomic mass is 9.77. The van der Waals surface area contributed by atoms with Gasteiger partial charge in [0, 0.05) is 22.3 Å². The van der Waals surface area contributed by atoms with Crippen LogP contribution >= 0.6 is 17.2 Å². The van der Waals surface area contributed by atoms with Crippen molar-refractivity contribution < 1.29 is 27.1 Å². The molecule has 0 radical (unpaired) electrons. The molecule has 0 unspecified atom stereocenters. The molecule has 0 atom stereocenters. The van der Waals surface area contributed by atoms with E-state index in [1.807, 2.05) is 0 Å². The van der Waals surface area contributed by atoms with Crippen LogP contribution in [0.2, 0.25) is 0 Å². The highest BCUT2D eigenvalue weighted by atomic mass is 31.2. The van der Waals surface area contributed by atoms with Crippen molar-refractivity contribution in [1.29, 1.82) is 0 Å². The van der Waals surface area contributed by atoms with Crippen molar-refractivity contribution in [3.05, 3.63) is 57.6 Å². The maximum atomic E-state index is 6.60. The van der Waals surface area contributed by atoms with Crippen molar-refractivity contribution in [2.45, 2.75) is 119 Å². The Balaban J connectivity index is 1.47. The Morgan fingerprint density at radius 2 is 0.814 bits per heavy atom. The Hall–Kier alpha value is -1.26. The van der Waals surface area contributed by atoms with Crippen LogP contribution in [0.15, 0.2) is 24.3 Å². The summed E-state index contributed by atoms with van der Waals surface area (Å²) >= 11 is 0. The molecule has 43 heavy (non-hydrogen) atoms. The minimum atomic E-state index is -1.56. The zero-order valence-corrected chi connectivity index (χ0v) is 30.8. The van der Waals surface area contributed by atoms with Crippen molar-refractivity contribution in [3.63, 3.8) is 0 Å². The van der Waals surface area contributed by atoms with Gasteiger partial charge in [0.2, 0.25) is 0 Å². The van der Waals surface area contributed by atoms with Gasteiger partial charge in [0.1, 0.15) is 11.5 Å². The van der Waals surface area contributed by atoms with Gasteiger partial charge >= 0.3 is 17.2 Å². The summed E-state index contributed by atoms with van der Waals surface area (Å²) < 4.78 is 38.3. The van der Waals surface area contributed by atoms with E-state index in [9.17, 15) is 0 Å². The molecule has 2 aromatic carbocycles. The lowest BCUT2D eigenvalue weighted by Gasteiger charge is -2.42. The molecule has 2 aliphatic heterocycles. The minimum Gasteiger partial charge on any atom is -0.426 e. The molecule has 0 amide bonds. The first kappa shape index (κ1) is 34.6. The monoisotopic (exact) mass is 632 g/mol. The van der Waals surface area contributed by atoms with Crippen LogP contribution in [0.5, 0.6) is 11.5 Å². The smallest absolute Gasteiger partial charge is 0.397 e. The van der Waals surface area contributed by atoms with E-state index in [0.717, 1.165) is 22.6 Å². The van der Waals surface area contributed by atoms with Crippen LogP contribution in [0.1, 0.15) is 116 Å². The second-order valence-corrected chi connectivity index (χ2v) is 18.8. The molecule has 2 fully saturated rings. The van der Waals surface area contributed by atoms with Crippen LogP contribution in [0, 0.1) is 19.3 Å². The molecule has 0 N–H and O–H groups in total. The van der Waals surface area contributed by atoms with E-state index in [1.54, 1.807) is 0 Å². The highest BCUT2D eigenvalue weighted by Gasteiger charge is 2.46. The lowest BCUT2D eigenvalue weighted by molar-refractivity contribution is -0.0674. The third-order valence-electron chi connectivity index (χ3n) is 8.08. The van der Waals surface area contributed by atoms with E-state index in [4.69, 9.17) is 27.1 Å². The van der Waals surface area contributed by atoms with E-state index < -0.39 is 22.6 Å². The standard InChI is InChI=1S/C35H54O6P2/c1-23-15-17-25(31(3,4)5)29(27(23)33(9,10)11)40-42-36-19-35(20-37-42)21-38-43(39-22-35)41-30-26(32(6,7)8)18-16-24(2)28(30)34(12,13)14/h15-18H,19-22H2,1-14H3. The minimum absolute atomic E-state index is 0.0887. The van der Waals surface area contributed by atoms with Gasteiger partial charge in [-0.2, -0.15) is 0 Å². The third-order valence-corrected chi connectivity index (χ3v) is 10.1. The number of aryl methyl sites for hydroxylation is 2. The summed E-state index contributed by atoms with van der Waals surface area (Å²) in [5.41, 5.74) is 6.37. The Morgan fingerprint density at radius 1 is 0.512 bits per heavy atom. The summed E-state index contributed by atoms with van der Waals surface area (Å²) in [6, 6.07) is 8.75. The first-order chi connectivity index (χ1) is 19.6.